The van der Waals surface area contributed by atoms with E-state index in [0.717, 1.165) is 5.69 Å². The van der Waals surface area contributed by atoms with Gasteiger partial charge in [0.2, 0.25) is 0 Å². The molecule has 0 saturated carbocycles. The normalized spacial score (nSPS) is 11.9. The Balaban J connectivity index is 2.31. The molecule has 1 atom stereocenters. The van der Waals surface area contributed by atoms with Gasteiger partial charge in [-0.05, 0) is 31.0 Å². The standard InChI is InChI=1S/C17H20ClNO2/c1-11-7-5-6-8-13(11)12(2)19-15-9-14(18)16(20-3)10-17(15)21-4/h5-10,12,19H,1-4H3. The number of halogens is 1. The second-order valence-electron chi connectivity index (χ2n) is 4.91. The fourth-order valence-electron chi connectivity index (χ4n) is 2.36. The second-order valence-corrected chi connectivity index (χ2v) is 5.32. The highest BCUT2D eigenvalue weighted by Crippen LogP contribution is 2.37. The van der Waals surface area contributed by atoms with Crippen LogP contribution in [-0.4, -0.2) is 14.2 Å². The zero-order chi connectivity index (χ0) is 15.4. The van der Waals surface area contributed by atoms with Crippen LogP contribution in [0.2, 0.25) is 5.02 Å². The van der Waals surface area contributed by atoms with Crippen molar-refractivity contribution in [3.63, 3.8) is 0 Å². The van der Waals surface area contributed by atoms with Crippen LogP contribution in [0.5, 0.6) is 11.5 Å². The zero-order valence-electron chi connectivity index (χ0n) is 12.7. The number of methoxy groups -OCH3 is 2. The molecule has 0 aliphatic heterocycles. The van der Waals surface area contributed by atoms with E-state index in [9.17, 15) is 0 Å². The van der Waals surface area contributed by atoms with Crippen LogP contribution in [0, 0.1) is 6.92 Å². The van der Waals surface area contributed by atoms with Gasteiger partial charge in [-0.1, -0.05) is 35.9 Å². The Kier molecular flexibility index (Phi) is 4.97. The maximum atomic E-state index is 6.20. The molecule has 4 heteroatoms. The lowest BCUT2D eigenvalue weighted by atomic mass is 10.0. The van der Waals surface area contributed by atoms with Crippen LogP contribution in [0.3, 0.4) is 0 Å². The van der Waals surface area contributed by atoms with Gasteiger partial charge in [0.15, 0.2) is 0 Å². The minimum Gasteiger partial charge on any atom is -0.495 e. The smallest absolute Gasteiger partial charge is 0.145 e. The fraction of sp³-hybridized carbons (Fsp3) is 0.294. The molecule has 1 unspecified atom stereocenters. The molecule has 0 amide bonds. The van der Waals surface area contributed by atoms with Crippen molar-refractivity contribution in [2.45, 2.75) is 19.9 Å². The Labute approximate surface area is 130 Å². The molecule has 2 rings (SSSR count). The lowest BCUT2D eigenvalue weighted by Gasteiger charge is -2.20. The first-order chi connectivity index (χ1) is 10.1. The van der Waals surface area contributed by atoms with Gasteiger partial charge in [0.25, 0.3) is 0 Å². The Hall–Kier alpha value is -1.87. The van der Waals surface area contributed by atoms with Crippen LogP contribution in [0.1, 0.15) is 24.1 Å². The Morgan fingerprint density at radius 1 is 1.05 bits per heavy atom. The summed E-state index contributed by atoms with van der Waals surface area (Å²) in [5.74, 6) is 1.30. The van der Waals surface area contributed by atoms with Gasteiger partial charge in [-0.3, -0.25) is 0 Å². The predicted octanol–water partition coefficient (Wildman–Crippen LogP) is 4.84. The lowest BCUT2D eigenvalue weighted by molar-refractivity contribution is 0.395. The van der Waals surface area contributed by atoms with Crippen molar-refractivity contribution in [2.75, 3.05) is 19.5 Å². The summed E-state index contributed by atoms with van der Waals surface area (Å²) in [4.78, 5) is 0. The first-order valence-electron chi connectivity index (χ1n) is 6.80. The summed E-state index contributed by atoms with van der Waals surface area (Å²) < 4.78 is 10.6. The average molecular weight is 306 g/mol. The van der Waals surface area contributed by atoms with E-state index in [4.69, 9.17) is 21.1 Å². The van der Waals surface area contributed by atoms with Crippen LogP contribution in [0.15, 0.2) is 36.4 Å². The minimum absolute atomic E-state index is 0.143. The largest absolute Gasteiger partial charge is 0.495 e. The summed E-state index contributed by atoms with van der Waals surface area (Å²) in [5, 5.41) is 4.00. The third-order valence-electron chi connectivity index (χ3n) is 3.50. The van der Waals surface area contributed by atoms with Gasteiger partial charge < -0.3 is 14.8 Å². The van der Waals surface area contributed by atoms with Gasteiger partial charge in [-0.2, -0.15) is 0 Å². The highest BCUT2D eigenvalue weighted by molar-refractivity contribution is 6.32. The molecular formula is C17H20ClNO2. The number of anilines is 1. The first-order valence-corrected chi connectivity index (χ1v) is 7.18. The average Bonchev–Trinajstić information content (AvgIpc) is 2.48. The highest BCUT2D eigenvalue weighted by Gasteiger charge is 2.14. The van der Waals surface area contributed by atoms with Crippen molar-refractivity contribution in [1.29, 1.82) is 0 Å². The molecule has 0 saturated heterocycles. The summed E-state index contributed by atoms with van der Waals surface area (Å²) >= 11 is 6.20. The number of aryl methyl sites for hydroxylation is 1. The van der Waals surface area contributed by atoms with Crippen molar-refractivity contribution >= 4 is 17.3 Å². The van der Waals surface area contributed by atoms with Crippen molar-refractivity contribution in [2.24, 2.45) is 0 Å². The number of nitrogens with one attached hydrogen (secondary N) is 1. The summed E-state index contributed by atoms with van der Waals surface area (Å²) in [7, 11) is 3.22. The molecule has 2 aromatic carbocycles. The highest BCUT2D eigenvalue weighted by atomic mass is 35.5. The molecule has 0 spiro atoms. The van der Waals surface area contributed by atoms with Gasteiger partial charge in [0.1, 0.15) is 11.5 Å². The topological polar surface area (TPSA) is 30.5 Å². The molecule has 0 aliphatic rings. The molecule has 0 aliphatic carbocycles. The third kappa shape index (κ3) is 3.42. The Bertz CT molecular complexity index is 628. The fourth-order valence-corrected chi connectivity index (χ4v) is 2.60. The Morgan fingerprint density at radius 2 is 1.71 bits per heavy atom. The van der Waals surface area contributed by atoms with E-state index in [1.54, 1.807) is 20.3 Å². The first kappa shape index (κ1) is 15.5. The maximum absolute atomic E-state index is 6.20. The van der Waals surface area contributed by atoms with Crippen molar-refractivity contribution in [3.05, 3.63) is 52.5 Å². The number of ether oxygens (including phenoxy) is 2. The molecule has 0 bridgehead atoms. The van der Waals surface area contributed by atoms with Crippen molar-refractivity contribution < 1.29 is 9.47 Å². The molecule has 112 valence electrons. The number of rotatable bonds is 5. The molecule has 0 aromatic heterocycles. The zero-order valence-corrected chi connectivity index (χ0v) is 13.5. The maximum Gasteiger partial charge on any atom is 0.145 e. The molecular weight excluding hydrogens is 286 g/mol. The van der Waals surface area contributed by atoms with Gasteiger partial charge in [0.05, 0.1) is 24.9 Å². The minimum atomic E-state index is 0.143. The monoisotopic (exact) mass is 305 g/mol. The van der Waals surface area contributed by atoms with E-state index in [0.29, 0.717) is 16.5 Å². The molecule has 21 heavy (non-hydrogen) atoms. The Morgan fingerprint density at radius 3 is 2.33 bits per heavy atom. The number of benzene rings is 2. The quantitative estimate of drug-likeness (QED) is 0.857. The van der Waals surface area contributed by atoms with Crippen LogP contribution >= 0.6 is 11.6 Å². The van der Waals surface area contributed by atoms with Crippen LogP contribution in [0.25, 0.3) is 0 Å². The molecule has 2 aromatic rings. The molecule has 0 heterocycles. The second kappa shape index (κ2) is 6.72. The summed E-state index contributed by atoms with van der Waals surface area (Å²) in [6.45, 7) is 4.21. The number of hydrogen-bond donors (Lipinski definition) is 1. The van der Waals surface area contributed by atoms with Gasteiger partial charge >= 0.3 is 0 Å². The van der Waals surface area contributed by atoms with Crippen molar-refractivity contribution in [1.82, 2.24) is 0 Å². The van der Waals surface area contributed by atoms with Crippen molar-refractivity contribution in [3.8, 4) is 11.5 Å². The SMILES string of the molecule is COc1cc(OC)c(NC(C)c2ccccc2C)cc1Cl. The molecule has 3 nitrogen and oxygen atoms in total. The van der Waals surface area contributed by atoms with Gasteiger partial charge in [0, 0.05) is 12.1 Å². The van der Waals surface area contributed by atoms with E-state index in [-0.39, 0.29) is 6.04 Å². The van der Waals surface area contributed by atoms with Crippen LogP contribution in [0.4, 0.5) is 5.69 Å². The van der Waals surface area contributed by atoms with Gasteiger partial charge in [-0.15, -0.1) is 0 Å². The van der Waals surface area contributed by atoms with E-state index >= 15 is 0 Å². The summed E-state index contributed by atoms with van der Waals surface area (Å²) in [6.07, 6.45) is 0. The van der Waals surface area contributed by atoms with E-state index in [1.165, 1.54) is 11.1 Å². The predicted molar refractivity (Wildman–Crippen MR) is 87.8 cm³/mol. The van der Waals surface area contributed by atoms with Crippen LogP contribution in [-0.2, 0) is 0 Å². The van der Waals surface area contributed by atoms with E-state index in [2.05, 4.69) is 31.3 Å². The lowest BCUT2D eigenvalue weighted by Crippen LogP contribution is -2.09. The third-order valence-corrected chi connectivity index (χ3v) is 3.80. The summed E-state index contributed by atoms with van der Waals surface area (Å²) in [6, 6.07) is 12.1. The summed E-state index contributed by atoms with van der Waals surface area (Å²) in [5.41, 5.74) is 3.33. The number of hydrogen-bond acceptors (Lipinski definition) is 3. The van der Waals surface area contributed by atoms with Crippen LogP contribution < -0.4 is 14.8 Å². The molecule has 0 radical (unpaired) electrons. The van der Waals surface area contributed by atoms with E-state index < -0.39 is 0 Å². The molecule has 0 fully saturated rings. The molecule has 1 N–H and O–H groups in total. The van der Waals surface area contributed by atoms with Gasteiger partial charge in [-0.25, -0.2) is 0 Å². The van der Waals surface area contributed by atoms with E-state index in [1.807, 2.05) is 18.2 Å².